The summed E-state index contributed by atoms with van der Waals surface area (Å²) < 4.78 is 0. The van der Waals surface area contributed by atoms with Crippen molar-refractivity contribution in [3.8, 4) is 6.07 Å². The molecule has 5 nitrogen and oxygen atoms in total. The van der Waals surface area contributed by atoms with Gasteiger partial charge in [0.15, 0.2) is 0 Å². The fourth-order valence-electron chi connectivity index (χ4n) is 4.66. The summed E-state index contributed by atoms with van der Waals surface area (Å²) in [6.45, 7) is 2.65. The van der Waals surface area contributed by atoms with Crippen LogP contribution in [0, 0.1) is 11.3 Å². The molecule has 1 aliphatic carbocycles. The van der Waals surface area contributed by atoms with Crippen molar-refractivity contribution in [3.05, 3.63) is 77.4 Å². The molecule has 30 heavy (non-hydrogen) atoms. The van der Waals surface area contributed by atoms with Crippen molar-refractivity contribution in [1.29, 1.82) is 5.26 Å². The maximum Gasteiger partial charge on any atom is 0.407 e. The van der Waals surface area contributed by atoms with Gasteiger partial charge in [0.05, 0.1) is 6.07 Å². The summed E-state index contributed by atoms with van der Waals surface area (Å²) in [7, 11) is 0. The number of amides is 1. The van der Waals surface area contributed by atoms with Crippen molar-refractivity contribution in [2.24, 2.45) is 0 Å². The Morgan fingerprint density at radius 2 is 1.93 bits per heavy atom. The van der Waals surface area contributed by atoms with Crippen LogP contribution in [0.3, 0.4) is 0 Å². The molecule has 0 radical (unpaired) electrons. The minimum atomic E-state index is -0.783. The lowest BCUT2D eigenvalue weighted by atomic mass is 10.0. The van der Waals surface area contributed by atoms with Crippen LogP contribution in [0.15, 0.2) is 60.7 Å². The Hall–Kier alpha value is -3.10. The number of carbonyl (C=O) groups is 1. The topological polar surface area (TPSA) is 67.6 Å². The summed E-state index contributed by atoms with van der Waals surface area (Å²) in [5, 5.41) is 18.6. The van der Waals surface area contributed by atoms with Crippen LogP contribution in [0.2, 0.25) is 0 Å². The zero-order chi connectivity index (χ0) is 20.9. The van der Waals surface area contributed by atoms with Gasteiger partial charge in [-0.25, -0.2) is 4.79 Å². The Balaban J connectivity index is 1.34. The molecular formula is C25H27N3O2. The molecule has 1 saturated carbocycles. The zero-order valence-corrected chi connectivity index (χ0v) is 17.0. The van der Waals surface area contributed by atoms with E-state index in [0.29, 0.717) is 5.92 Å². The monoisotopic (exact) mass is 401 g/mol. The first kappa shape index (κ1) is 20.2. The van der Waals surface area contributed by atoms with Gasteiger partial charge in [0.2, 0.25) is 0 Å². The SMILES string of the molecule is N#CC=Cc1cccc(CN2CCC(N(C(=O)O)[C@@H]3C[C@H]3c3ccccc3)CC2)c1. The second-order valence-electron chi connectivity index (χ2n) is 8.22. The van der Waals surface area contributed by atoms with Crippen molar-refractivity contribution in [2.75, 3.05) is 13.1 Å². The third-order valence-electron chi connectivity index (χ3n) is 6.22. The molecule has 1 heterocycles. The van der Waals surface area contributed by atoms with Crippen molar-refractivity contribution < 1.29 is 9.90 Å². The van der Waals surface area contributed by atoms with Gasteiger partial charge in [-0.2, -0.15) is 5.26 Å². The molecule has 0 aromatic heterocycles. The van der Waals surface area contributed by atoms with E-state index in [1.54, 1.807) is 4.90 Å². The lowest BCUT2D eigenvalue weighted by Crippen LogP contribution is -2.48. The highest BCUT2D eigenvalue weighted by Crippen LogP contribution is 2.46. The van der Waals surface area contributed by atoms with Crippen LogP contribution in [0.5, 0.6) is 0 Å². The van der Waals surface area contributed by atoms with E-state index in [9.17, 15) is 9.90 Å². The van der Waals surface area contributed by atoms with E-state index in [0.717, 1.165) is 44.5 Å². The first-order chi connectivity index (χ1) is 14.7. The molecule has 0 unspecified atom stereocenters. The van der Waals surface area contributed by atoms with E-state index in [1.165, 1.54) is 17.2 Å². The van der Waals surface area contributed by atoms with Gasteiger partial charge >= 0.3 is 6.09 Å². The summed E-state index contributed by atoms with van der Waals surface area (Å²) in [6, 6.07) is 20.7. The van der Waals surface area contributed by atoms with Gasteiger partial charge in [-0.3, -0.25) is 4.90 Å². The standard InChI is InChI=1S/C25H27N3O2/c26-13-5-8-19-6-4-7-20(16-19)18-27-14-11-22(12-15-27)28(25(29)30)24-17-23(24)21-9-2-1-3-10-21/h1-10,16,22-24H,11-12,14-15,17-18H2,(H,29,30)/t23-,24+/m0/s1. The highest BCUT2D eigenvalue weighted by Gasteiger charge is 2.47. The first-order valence-corrected chi connectivity index (χ1v) is 10.6. The fourth-order valence-corrected chi connectivity index (χ4v) is 4.66. The van der Waals surface area contributed by atoms with Gasteiger partial charge in [0, 0.05) is 43.7 Å². The lowest BCUT2D eigenvalue weighted by molar-refractivity contribution is 0.0834. The Morgan fingerprint density at radius 1 is 1.17 bits per heavy atom. The maximum absolute atomic E-state index is 12.0. The molecule has 2 fully saturated rings. The van der Waals surface area contributed by atoms with Crippen LogP contribution >= 0.6 is 0 Å². The Kier molecular flexibility index (Phi) is 6.15. The van der Waals surface area contributed by atoms with Crippen LogP contribution in [0.1, 0.15) is 41.9 Å². The third-order valence-corrected chi connectivity index (χ3v) is 6.22. The summed E-state index contributed by atoms with van der Waals surface area (Å²) >= 11 is 0. The van der Waals surface area contributed by atoms with E-state index in [1.807, 2.05) is 42.5 Å². The Bertz CT molecular complexity index is 942. The van der Waals surface area contributed by atoms with E-state index < -0.39 is 6.09 Å². The van der Waals surface area contributed by atoms with Crippen LogP contribution in [0.4, 0.5) is 4.79 Å². The largest absolute Gasteiger partial charge is 0.465 e. The molecule has 2 aliphatic rings. The van der Waals surface area contributed by atoms with Gasteiger partial charge in [0.25, 0.3) is 0 Å². The van der Waals surface area contributed by atoms with Gasteiger partial charge in [-0.15, -0.1) is 0 Å². The maximum atomic E-state index is 12.0. The molecular weight excluding hydrogens is 374 g/mol. The molecule has 1 saturated heterocycles. The molecule has 2 aromatic rings. The Morgan fingerprint density at radius 3 is 2.63 bits per heavy atom. The minimum absolute atomic E-state index is 0.0994. The van der Waals surface area contributed by atoms with Crippen molar-refractivity contribution in [3.63, 3.8) is 0 Å². The zero-order valence-electron chi connectivity index (χ0n) is 17.0. The van der Waals surface area contributed by atoms with Gasteiger partial charge in [0.1, 0.15) is 0 Å². The predicted molar refractivity (Wildman–Crippen MR) is 117 cm³/mol. The molecule has 2 aromatic carbocycles. The minimum Gasteiger partial charge on any atom is -0.465 e. The summed E-state index contributed by atoms with van der Waals surface area (Å²) in [6.07, 6.45) is 5.20. The molecule has 1 amide bonds. The van der Waals surface area contributed by atoms with Crippen LogP contribution in [0.25, 0.3) is 6.08 Å². The number of piperidine rings is 1. The predicted octanol–water partition coefficient (Wildman–Crippen LogP) is 4.72. The molecule has 0 spiro atoms. The van der Waals surface area contributed by atoms with E-state index in [2.05, 4.69) is 29.2 Å². The first-order valence-electron chi connectivity index (χ1n) is 10.6. The number of allylic oxidation sites excluding steroid dienone is 1. The van der Waals surface area contributed by atoms with Crippen molar-refractivity contribution >= 4 is 12.2 Å². The van der Waals surface area contributed by atoms with Gasteiger partial charge < -0.3 is 10.0 Å². The summed E-state index contributed by atoms with van der Waals surface area (Å²) in [5.41, 5.74) is 3.49. The molecule has 4 rings (SSSR count). The number of hydrogen-bond donors (Lipinski definition) is 1. The number of likely N-dealkylation sites (tertiary alicyclic amines) is 1. The number of carboxylic acid groups (broad SMARTS) is 1. The number of nitriles is 1. The molecule has 0 bridgehead atoms. The van der Waals surface area contributed by atoms with Crippen LogP contribution < -0.4 is 0 Å². The molecule has 5 heteroatoms. The second-order valence-corrected chi connectivity index (χ2v) is 8.22. The average molecular weight is 402 g/mol. The van der Waals surface area contributed by atoms with E-state index in [4.69, 9.17) is 5.26 Å². The smallest absolute Gasteiger partial charge is 0.407 e. The molecule has 1 aliphatic heterocycles. The second kappa shape index (κ2) is 9.15. The normalized spacial score (nSPS) is 22.0. The molecule has 1 N–H and O–H groups in total. The lowest BCUT2D eigenvalue weighted by Gasteiger charge is -2.37. The summed E-state index contributed by atoms with van der Waals surface area (Å²) in [5.74, 6) is 0.338. The third kappa shape index (κ3) is 4.72. The Labute approximate surface area is 177 Å². The number of benzene rings is 2. The highest BCUT2D eigenvalue weighted by atomic mass is 16.4. The van der Waals surface area contributed by atoms with E-state index >= 15 is 0 Å². The molecule has 154 valence electrons. The van der Waals surface area contributed by atoms with Gasteiger partial charge in [-0.1, -0.05) is 54.6 Å². The van der Waals surface area contributed by atoms with Crippen LogP contribution in [-0.2, 0) is 6.54 Å². The quantitative estimate of drug-likeness (QED) is 0.711. The summed E-state index contributed by atoms with van der Waals surface area (Å²) in [4.78, 5) is 16.2. The fraction of sp³-hybridized carbons (Fsp3) is 0.360. The number of hydrogen-bond acceptors (Lipinski definition) is 3. The van der Waals surface area contributed by atoms with Gasteiger partial charge in [-0.05, 0) is 42.0 Å². The number of rotatable bonds is 6. The van der Waals surface area contributed by atoms with E-state index in [-0.39, 0.29) is 12.1 Å². The van der Waals surface area contributed by atoms with Crippen molar-refractivity contribution in [1.82, 2.24) is 9.80 Å². The molecule has 2 atom stereocenters. The highest BCUT2D eigenvalue weighted by molar-refractivity contribution is 5.67. The average Bonchev–Trinajstić information content (AvgIpc) is 3.54. The number of nitrogens with zero attached hydrogens (tertiary/aromatic N) is 3. The van der Waals surface area contributed by atoms with Crippen LogP contribution in [-0.4, -0.2) is 46.2 Å². The van der Waals surface area contributed by atoms with Crippen molar-refractivity contribution in [2.45, 2.75) is 43.8 Å².